The Morgan fingerprint density at radius 1 is 1.09 bits per heavy atom. The molecule has 1 aliphatic carbocycles. The Morgan fingerprint density at radius 2 is 1.85 bits per heavy atom. The van der Waals surface area contributed by atoms with Crippen LogP contribution in [0.2, 0.25) is 0 Å². The molecule has 0 aliphatic heterocycles. The highest BCUT2D eigenvalue weighted by atomic mass is 16.5. The van der Waals surface area contributed by atoms with Gasteiger partial charge in [0.25, 0.3) is 0 Å². The molecule has 1 saturated carbocycles. The van der Waals surface area contributed by atoms with Gasteiger partial charge in [0.15, 0.2) is 0 Å². The van der Waals surface area contributed by atoms with Crippen LogP contribution < -0.4 is 4.74 Å². The molecular weight excluding hydrogens is 406 g/mol. The molecular formula is C30H33NO2. The zero-order chi connectivity index (χ0) is 23.2. The maximum atomic E-state index is 11.0. The third-order valence-electron chi connectivity index (χ3n) is 6.55. The molecule has 3 nitrogen and oxygen atoms in total. The second-order valence-electron chi connectivity index (χ2n) is 9.09. The first-order chi connectivity index (χ1) is 16.0. The lowest BCUT2D eigenvalue weighted by molar-refractivity contribution is 0.390. The second-order valence-corrected chi connectivity index (χ2v) is 9.09. The van der Waals surface area contributed by atoms with Gasteiger partial charge in [0.1, 0.15) is 11.5 Å². The van der Waals surface area contributed by atoms with Gasteiger partial charge in [-0.25, -0.2) is 0 Å². The van der Waals surface area contributed by atoms with E-state index in [0.717, 1.165) is 58.5 Å². The largest absolute Gasteiger partial charge is 0.507 e. The molecule has 0 spiro atoms. The second kappa shape index (κ2) is 10.5. The van der Waals surface area contributed by atoms with E-state index in [4.69, 9.17) is 9.73 Å². The summed E-state index contributed by atoms with van der Waals surface area (Å²) in [6.45, 7) is 6.26. The number of allylic oxidation sites excluding steroid dienone is 1. The fourth-order valence-corrected chi connectivity index (χ4v) is 4.85. The summed E-state index contributed by atoms with van der Waals surface area (Å²) in [6, 6.07) is 20.1. The first-order valence-corrected chi connectivity index (χ1v) is 11.8. The van der Waals surface area contributed by atoms with E-state index >= 15 is 0 Å². The van der Waals surface area contributed by atoms with Gasteiger partial charge in [-0.3, -0.25) is 4.99 Å². The molecule has 0 heterocycles. The van der Waals surface area contributed by atoms with Crippen molar-refractivity contribution in [2.45, 2.75) is 45.4 Å². The van der Waals surface area contributed by atoms with Crippen LogP contribution in [0.3, 0.4) is 0 Å². The van der Waals surface area contributed by atoms with Gasteiger partial charge in [-0.1, -0.05) is 54.6 Å². The van der Waals surface area contributed by atoms with Gasteiger partial charge in [-0.05, 0) is 80.7 Å². The number of hydrogen-bond acceptors (Lipinski definition) is 3. The van der Waals surface area contributed by atoms with Crippen LogP contribution >= 0.6 is 0 Å². The highest BCUT2D eigenvalue weighted by Gasteiger charge is 2.17. The Balaban J connectivity index is 1.59. The monoisotopic (exact) mass is 439 g/mol. The Labute approximate surface area is 197 Å². The smallest absolute Gasteiger partial charge is 0.127 e. The zero-order valence-electron chi connectivity index (χ0n) is 19.7. The molecule has 1 atom stereocenters. The molecule has 1 unspecified atom stereocenters. The number of aliphatic imine (C=N–C) groups is 1. The minimum Gasteiger partial charge on any atom is -0.507 e. The van der Waals surface area contributed by atoms with Gasteiger partial charge in [0.2, 0.25) is 0 Å². The first-order valence-electron chi connectivity index (χ1n) is 11.8. The molecule has 1 fully saturated rings. The molecule has 3 aromatic carbocycles. The van der Waals surface area contributed by atoms with Gasteiger partial charge >= 0.3 is 0 Å². The summed E-state index contributed by atoms with van der Waals surface area (Å²) in [5.74, 6) is 1.83. The lowest BCUT2D eigenvalue weighted by Crippen LogP contribution is -2.09. The molecule has 33 heavy (non-hydrogen) atoms. The number of aromatic hydroxyl groups is 1. The number of phenols is 1. The van der Waals surface area contributed by atoms with Crippen molar-refractivity contribution in [3.63, 3.8) is 0 Å². The predicted molar refractivity (Wildman–Crippen MR) is 138 cm³/mol. The van der Waals surface area contributed by atoms with Crippen LogP contribution in [0.25, 0.3) is 11.1 Å². The van der Waals surface area contributed by atoms with Crippen LogP contribution in [0.15, 0.2) is 77.8 Å². The molecule has 3 aromatic rings. The van der Waals surface area contributed by atoms with Crippen molar-refractivity contribution < 1.29 is 9.84 Å². The number of aryl methyl sites for hydroxylation is 2. The van der Waals surface area contributed by atoms with Gasteiger partial charge < -0.3 is 9.84 Å². The van der Waals surface area contributed by atoms with Gasteiger partial charge in [-0.15, -0.1) is 0 Å². The number of methoxy groups -OCH3 is 1. The molecule has 4 rings (SSSR count). The third-order valence-corrected chi connectivity index (χ3v) is 6.55. The van der Waals surface area contributed by atoms with Crippen molar-refractivity contribution in [1.82, 2.24) is 0 Å². The Hall–Kier alpha value is -3.33. The maximum Gasteiger partial charge on any atom is 0.127 e. The molecule has 1 aliphatic rings. The van der Waals surface area contributed by atoms with Gasteiger partial charge in [-0.2, -0.15) is 0 Å². The molecule has 1 N–H and O–H groups in total. The normalized spacial score (nSPS) is 16.3. The van der Waals surface area contributed by atoms with Crippen molar-refractivity contribution in [1.29, 1.82) is 0 Å². The summed E-state index contributed by atoms with van der Waals surface area (Å²) in [6.07, 6.45) is 8.55. The molecule has 3 heteroatoms. The number of rotatable bonds is 7. The van der Waals surface area contributed by atoms with E-state index in [9.17, 15) is 5.11 Å². The molecule has 0 saturated heterocycles. The van der Waals surface area contributed by atoms with Crippen molar-refractivity contribution >= 4 is 11.9 Å². The van der Waals surface area contributed by atoms with E-state index < -0.39 is 0 Å². The fraction of sp³-hybridized carbons (Fsp3) is 0.300. The number of hydrogen-bond donors (Lipinski definition) is 1. The van der Waals surface area contributed by atoms with E-state index in [-0.39, 0.29) is 0 Å². The number of ether oxygens (including phenoxy) is 1. The molecule has 170 valence electrons. The van der Waals surface area contributed by atoms with Gasteiger partial charge in [0, 0.05) is 22.9 Å². The van der Waals surface area contributed by atoms with Crippen LogP contribution in [0.5, 0.6) is 11.5 Å². The average Bonchev–Trinajstić information content (AvgIpc) is 2.83. The van der Waals surface area contributed by atoms with Crippen LogP contribution in [0.4, 0.5) is 5.69 Å². The summed E-state index contributed by atoms with van der Waals surface area (Å²) >= 11 is 0. The minimum atomic E-state index is 0.341. The van der Waals surface area contributed by atoms with E-state index in [1.807, 2.05) is 54.6 Å². The first kappa shape index (κ1) is 22.8. The molecule has 0 bridgehead atoms. The number of nitrogens with zero attached hydrogens (tertiary/aromatic N) is 1. The van der Waals surface area contributed by atoms with Crippen LogP contribution in [0, 0.1) is 12.8 Å². The van der Waals surface area contributed by atoms with Crippen molar-refractivity contribution in [2.75, 3.05) is 7.11 Å². The average molecular weight is 440 g/mol. The molecule has 0 radical (unpaired) electrons. The number of para-hydroxylation sites is 2. The highest BCUT2D eigenvalue weighted by molar-refractivity contribution is 5.89. The Bertz CT molecular complexity index is 1160. The Kier molecular flexibility index (Phi) is 7.29. The third kappa shape index (κ3) is 5.54. The molecule has 0 amide bonds. The lowest BCUT2D eigenvalue weighted by Gasteiger charge is -2.23. The highest BCUT2D eigenvalue weighted by Crippen LogP contribution is 2.37. The minimum absolute atomic E-state index is 0.341. The summed E-state index contributed by atoms with van der Waals surface area (Å²) in [4.78, 5) is 4.78. The summed E-state index contributed by atoms with van der Waals surface area (Å²) < 4.78 is 5.55. The quantitative estimate of drug-likeness (QED) is 0.301. The van der Waals surface area contributed by atoms with Crippen molar-refractivity contribution in [3.05, 3.63) is 89.5 Å². The van der Waals surface area contributed by atoms with Crippen LogP contribution in [0.1, 0.15) is 48.8 Å². The van der Waals surface area contributed by atoms with Crippen LogP contribution in [-0.4, -0.2) is 18.4 Å². The van der Waals surface area contributed by atoms with Crippen LogP contribution in [-0.2, 0) is 6.42 Å². The molecule has 0 aromatic heterocycles. The fourth-order valence-electron chi connectivity index (χ4n) is 4.85. The maximum absolute atomic E-state index is 11.0. The number of benzene rings is 3. The summed E-state index contributed by atoms with van der Waals surface area (Å²) in [5, 5.41) is 11.0. The summed E-state index contributed by atoms with van der Waals surface area (Å²) in [5.41, 5.74) is 7.10. The summed E-state index contributed by atoms with van der Waals surface area (Å²) in [7, 11) is 1.68. The SMILES string of the molecule is C=C1CCCC(CCc2cc(C)cc(C=Nc3ccccc3-c3ccccc3OC)c2O)C1. The zero-order valence-corrected chi connectivity index (χ0v) is 19.7. The van der Waals surface area contributed by atoms with E-state index in [1.165, 1.54) is 24.8 Å². The van der Waals surface area contributed by atoms with Crippen molar-refractivity contribution in [2.24, 2.45) is 10.9 Å². The van der Waals surface area contributed by atoms with E-state index in [1.54, 1.807) is 13.3 Å². The standard InChI is InChI=1S/C30H33NO2/c1-21-9-8-10-23(17-21)15-16-24-18-22(2)19-25(30(24)32)20-31-28-13-6-4-11-26(28)27-12-5-7-14-29(27)33-3/h4-7,11-14,18-20,23,32H,1,8-10,15-17H2,2-3H3. The van der Waals surface area contributed by atoms with E-state index in [2.05, 4.69) is 19.6 Å². The topological polar surface area (TPSA) is 41.8 Å². The van der Waals surface area contributed by atoms with E-state index in [0.29, 0.717) is 11.7 Å². The number of phenolic OH excluding ortho intramolecular Hbond substituents is 1. The van der Waals surface area contributed by atoms with Crippen molar-refractivity contribution in [3.8, 4) is 22.6 Å². The lowest BCUT2D eigenvalue weighted by atomic mass is 9.82. The predicted octanol–water partition coefficient (Wildman–Crippen LogP) is 7.81. The van der Waals surface area contributed by atoms with Gasteiger partial charge in [0.05, 0.1) is 12.8 Å². The Morgan fingerprint density at radius 3 is 2.64 bits per heavy atom.